The van der Waals surface area contributed by atoms with Gasteiger partial charge < -0.3 is 29.2 Å². The van der Waals surface area contributed by atoms with Crippen LogP contribution < -0.4 is 24.6 Å². The highest BCUT2D eigenvalue weighted by Crippen LogP contribution is 2.59. The zero-order valence-corrected chi connectivity index (χ0v) is 37.6. The van der Waals surface area contributed by atoms with E-state index in [1.54, 1.807) is 21.3 Å². The minimum Gasteiger partial charge on any atom is -0.497 e. The Morgan fingerprint density at radius 3 is 1.67 bits per heavy atom. The van der Waals surface area contributed by atoms with Crippen LogP contribution in [0.4, 0.5) is 0 Å². The molecule has 60 heavy (non-hydrogen) atoms. The van der Waals surface area contributed by atoms with E-state index in [4.69, 9.17) is 28.9 Å². The zero-order valence-electron chi connectivity index (χ0n) is 34.5. The lowest BCUT2D eigenvalue weighted by molar-refractivity contribution is -0.110. The number of fused-ring (bicyclic) bond motifs is 1. The molecule has 5 aromatic carbocycles. The Labute approximate surface area is 365 Å². The van der Waals surface area contributed by atoms with Gasteiger partial charge in [-0.1, -0.05) is 146 Å². The van der Waals surface area contributed by atoms with Gasteiger partial charge in [0.25, 0.3) is 0 Å². The molecule has 308 valence electrons. The number of methoxy groups -OCH3 is 3. The van der Waals surface area contributed by atoms with Crippen molar-refractivity contribution in [2.75, 3.05) is 21.3 Å². The quantitative estimate of drug-likeness (QED) is 0.0647. The molecule has 1 fully saturated rings. The molecular weight excluding hydrogens is 884 g/mol. The summed E-state index contributed by atoms with van der Waals surface area (Å²) < 4.78 is 25.3. The van der Waals surface area contributed by atoms with Crippen LogP contribution in [0, 0.1) is 3.70 Å². The van der Waals surface area contributed by atoms with Crippen molar-refractivity contribution in [3.8, 4) is 17.4 Å². The number of hydrogen-bond acceptors (Lipinski definition) is 9. The molecule has 8 rings (SSSR count). The minimum atomic E-state index is -3.46. The van der Waals surface area contributed by atoms with Crippen molar-refractivity contribution >= 4 is 52.1 Å². The molecule has 10 nitrogen and oxygen atoms in total. The average Bonchev–Trinajstić information content (AvgIpc) is 3.84. The first-order valence-corrected chi connectivity index (χ1v) is 23.1. The van der Waals surface area contributed by atoms with E-state index < -0.39 is 42.1 Å². The molecule has 1 aliphatic rings. The third kappa shape index (κ3) is 6.60. The van der Waals surface area contributed by atoms with Crippen LogP contribution in [0.5, 0.6) is 17.4 Å². The van der Waals surface area contributed by atoms with Gasteiger partial charge in [0.1, 0.15) is 38.4 Å². The second kappa shape index (κ2) is 16.4. The van der Waals surface area contributed by atoms with Gasteiger partial charge in [-0.2, -0.15) is 10.1 Å². The minimum absolute atomic E-state index is 0.0178. The van der Waals surface area contributed by atoms with E-state index >= 15 is 0 Å². The van der Waals surface area contributed by atoms with Crippen molar-refractivity contribution in [2.24, 2.45) is 0 Å². The van der Waals surface area contributed by atoms with Crippen LogP contribution in [0.3, 0.4) is 0 Å². The van der Waals surface area contributed by atoms with E-state index in [2.05, 4.69) is 77.8 Å². The van der Waals surface area contributed by atoms with Gasteiger partial charge in [0.05, 0.1) is 32.5 Å². The topological polar surface area (TPSA) is 132 Å². The van der Waals surface area contributed by atoms with Crippen molar-refractivity contribution in [1.29, 1.82) is 0 Å². The Morgan fingerprint density at radius 2 is 1.20 bits per heavy atom. The van der Waals surface area contributed by atoms with Crippen LogP contribution in [0.1, 0.15) is 55.8 Å². The van der Waals surface area contributed by atoms with E-state index in [0.717, 1.165) is 30.8 Å². The maximum atomic E-state index is 14.7. The number of halogens is 1. The summed E-state index contributed by atoms with van der Waals surface area (Å²) in [5.74, 6) is 1.93. The van der Waals surface area contributed by atoms with Crippen molar-refractivity contribution in [2.45, 2.75) is 61.2 Å². The number of ether oxygens (including phenoxy) is 4. The Balaban J connectivity index is 1.49. The largest absolute Gasteiger partial charge is 0.497 e. The molecule has 1 saturated heterocycles. The summed E-state index contributed by atoms with van der Waals surface area (Å²) in [7, 11) is 1.36. The van der Waals surface area contributed by atoms with Gasteiger partial charge in [-0.05, 0) is 68.6 Å². The number of aliphatic hydroxyl groups excluding tert-OH is 1. The van der Waals surface area contributed by atoms with Crippen LogP contribution in [-0.4, -0.2) is 77.2 Å². The Hall–Kier alpha value is -5.12. The molecule has 4 atom stereocenters. The SMILES string of the molecule is COc1ccc(C(c2ccccc2)(c2ccc(OC)cc2)[C@]2(O)CC(c3nc(OC)c4c(I)[nH]nc4n3)O[C@@H]2C(O)[Si](c2ccccc2)(c2ccccc2)C(C)(C)C)cc1. The number of H-pyrrole nitrogens is 1. The summed E-state index contributed by atoms with van der Waals surface area (Å²) in [5.41, 5.74) is -1.79. The van der Waals surface area contributed by atoms with Crippen molar-refractivity contribution in [3.63, 3.8) is 0 Å². The molecule has 3 N–H and O–H groups in total. The van der Waals surface area contributed by atoms with Crippen LogP contribution in [0.25, 0.3) is 11.0 Å². The summed E-state index contributed by atoms with van der Waals surface area (Å²) in [6.45, 7) is 6.56. The summed E-state index contributed by atoms with van der Waals surface area (Å²) in [4.78, 5) is 9.87. The van der Waals surface area contributed by atoms with E-state index in [9.17, 15) is 10.2 Å². The van der Waals surface area contributed by atoms with E-state index in [-0.39, 0.29) is 12.2 Å². The zero-order chi connectivity index (χ0) is 42.3. The monoisotopic (exact) mass is 932 g/mol. The third-order valence-electron chi connectivity index (χ3n) is 12.4. The molecule has 2 aromatic heterocycles. The molecule has 1 aliphatic heterocycles. The summed E-state index contributed by atoms with van der Waals surface area (Å²) in [5, 5.41) is 38.3. The fraction of sp³-hybridized carbons (Fsp3) is 0.271. The lowest BCUT2D eigenvalue weighted by atomic mass is 9.57. The predicted octanol–water partition coefficient (Wildman–Crippen LogP) is 7.54. The highest BCUT2D eigenvalue weighted by atomic mass is 127. The molecular formula is C48H49IN4O6Si. The first-order valence-electron chi connectivity index (χ1n) is 19.9. The predicted molar refractivity (Wildman–Crippen MR) is 244 cm³/mol. The lowest BCUT2D eigenvalue weighted by Crippen LogP contribution is -2.77. The second-order valence-electron chi connectivity index (χ2n) is 16.3. The average molecular weight is 933 g/mol. The number of rotatable bonds is 12. The number of aliphatic hydroxyl groups is 2. The van der Waals surface area contributed by atoms with E-state index in [1.165, 1.54) is 0 Å². The Morgan fingerprint density at radius 1 is 0.717 bits per heavy atom. The molecule has 3 heterocycles. The third-order valence-corrected chi connectivity index (χ3v) is 19.2. The first-order chi connectivity index (χ1) is 28.9. The van der Waals surface area contributed by atoms with Crippen molar-refractivity contribution in [1.82, 2.24) is 20.2 Å². The Bertz CT molecular complexity index is 2470. The van der Waals surface area contributed by atoms with Gasteiger partial charge in [0.15, 0.2) is 19.5 Å². The van der Waals surface area contributed by atoms with Crippen molar-refractivity contribution < 1.29 is 29.2 Å². The summed E-state index contributed by atoms with van der Waals surface area (Å²) in [6.07, 6.45) is -2.17. The lowest BCUT2D eigenvalue weighted by Gasteiger charge is -2.54. The number of aromatic amines is 1. The highest BCUT2D eigenvalue weighted by molar-refractivity contribution is 14.1. The molecule has 12 heteroatoms. The number of aromatic nitrogens is 4. The fourth-order valence-electron chi connectivity index (χ4n) is 9.83. The smallest absolute Gasteiger partial charge is 0.228 e. The molecule has 0 bridgehead atoms. The maximum absolute atomic E-state index is 14.7. The van der Waals surface area contributed by atoms with Gasteiger partial charge >= 0.3 is 0 Å². The van der Waals surface area contributed by atoms with Gasteiger partial charge in [-0.25, -0.2) is 4.98 Å². The second-order valence-corrected chi connectivity index (χ2v) is 22.2. The molecule has 0 amide bonds. The molecule has 7 aromatic rings. The van der Waals surface area contributed by atoms with Gasteiger partial charge in [0.2, 0.25) is 5.88 Å². The van der Waals surface area contributed by atoms with Crippen LogP contribution in [0.2, 0.25) is 5.04 Å². The Kier molecular flexibility index (Phi) is 11.4. The van der Waals surface area contributed by atoms with E-state index in [0.29, 0.717) is 28.4 Å². The van der Waals surface area contributed by atoms with Gasteiger partial charge in [-0.15, -0.1) is 0 Å². The van der Waals surface area contributed by atoms with Crippen LogP contribution in [0.15, 0.2) is 140 Å². The number of benzene rings is 5. The molecule has 0 radical (unpaired) electrons. The van der Waals surface area contributed by atoms with Crippen LogP contribution >= 0.6 is 22.6 Å². The van der Waals surface area contributed by atoms with Gasteiger partial charge in [0, 0.05) is 6.42 Å². The first kappa shape index (κ1) is 41.6. The molecule has 0 spiro atoms. The maximum Gasteiger partial charge on any atom is 0.228 e. The summed E-state index contributed by atoms with van der Waals surface area (Å²) >= 11 is 2.15. The molecule has 0 saturated carbocycles. The van der Waals surface area contributed by atoms with E-state index in [1.807, 2.05) is 115 Å². The standard InChI is InChI=1S/C48H49IN4O6Si/c1-46(2,3)60(36-18-12-8-13-19-36,37-20-14-9-15-21-37)45(54)40-47(55,30-38(59-40)42-50-43-39(41(49)52-53-43)44(51-42)58-6)48(31-16-10-7-11-17-31,32-22-26-34(56-4)27-23-32)33-24-28-35(57-5)29-25-33/h7-29,38,40,45,54-55H,30H2,1-6H3,(H,50,51,52,53)/t38?,40-,45?,47+/m1/s1. The molecule has 0 aliphatic carbocycles. The highest BCUT2D eigenvalue weighted by Gasteiger charge is 2.69. The number of nitrogens with one attached hydrogen (secondary N) is 1. The number of nitrogens with zero attached hydrogens (tertiary/aromatic N) is 3. The molecule has 2 unspecified atom stereocenters. The van der Waals surface area contributed by atoms with Gasteiger partial charge in [-0.3, -0.25) is 5.10 Å². The van der Waals surface area contributed by atoms with Crippen LogP contribution in [-0.2, 0) is 10.2 Å². The summed E-state index contributed by atoms with van der Waals surface area (Å²) in [6, 6.07) is 46.1. The normalized spacial score (nSPS) is 18.9. The van der Waals surface area contributed by atoms with Crippen molar-refractivity contribution in [3.05, 3.63) is 166 Å². The fourth-order valence-corrected chi connectivity index (χ4v) is 16.3. The number of hydrogen-bond donors (Lipinski definition) is 3.